The fourth-order valence-electron chi connectivity index (χ4n) is 1.88. The standard InChI is InChI=1S/C15H20N4S/c1-4-6-13-18-14(16)10(2)15(19-13)17-11-7-5-8-12(9-11)20-3/h5,7-9H,4,6H2,1-3H3,(H3,16,17,18,19). The molecule has 0 amide bonds. The number of rotatable bonds is 5. The monoisotopic (exact) mass is 288 g/mol. The van der Waals surface area contributed by atoms with Gasteiger partial charge in [0.2, 0.25) is 0 Å². The molecule has 0 atom stereocenters. The average Bonchev–Trinajstić information content (AvgIpc) is 2.45. The molecule has 0 unspecified atom stereocenters. The molecule has 106 valence electrons. The minimum absolute atomic E-state index is 0.548. The van der Waals surface area contributed by atoms with Crippen LogP contribution in [0.1, 0.15) is 24.7 Å². The summed E-state index contributed by atoms with van der Waals surface area (Å²) >= 11 is 1.71. The highest BCUT2D eigenvalue weighted by molar-refractivity contribution is 7.98. The molecule has 20 heavy (non-hydrogen) atoms. The van der Waals surface area contributed by atoms with Crippen molar-refractivity contribution < 1.29 is 0 Å². The third-order valence-corrected chi connectivity index (χ3v) is 3.76. The Morgan fingerprint density at radius 2 is 2.10 bits per heavy atom. The third kappa shape index (κ3) is 3.42. The van der Waals surface area contributed by atoms with E-state index in [0.29, 0.717) is 5.82 Å². The quantitative estimate of drug-likeness (QED) is 0.820. The fourth-order valence-corrected chi connectivity index (χ4v) is 2.34. The number of aryl methyl sites for hydroxylation is 1. The van der Waals surface area contributed by atoms with Gasteiger partial charge >= 0.3 is 0 Å². The van der Waals surface area contributed by atoms with E-state index in [1.807, 2.05) is 19.1 Å². The van der Waals surface area contributed by atoms with Crippen molar-refractivity contribution >= 4 is 29.1 Å². The second-order valence-electron chi connectivity index (χ2n) is 4.61. The van der Waals surface area contributed by atoms with Gasteiger partial charge < -0.3 is 11.1 Å². The maximum Gasteiger partial charge on any atom is 0.139 e. The van der Waals surface area contributed by atoms with Crippen LogP contribution in [0.15, 0.2) is 29.2 Å². The van der Waals surface area contributed by atoms with Gasteiger partial charge in [0.1, 0.15) is 17.5 Å². The Hall–Kier alpha value is -1.75. The first-order valence-corrected chi connectivity index (χ1v) is 7.90. The Labute approximate surface area is 124 Å². The van der Waals surface area contributed by atoms with E-state index in [4.69, 9.17) is 5.73 Å². The van der Waals surface area contributed by atoms with E-state index >= 15 is 0 Å². The van der Waals surface area contributed by atoms with E-state index in [0.717, 1.165) is 35.7 Å². The summed E-state index contributed by atoms with van der Waals surface area (Å²) in [6.45, 7) is 4.04. The van der Waals surface area contributed by atoms with E-state index in [1.54, 1.807) is 11.8 Å². The van der Waals surface area contributed by atoms with Crippen molar-refractivity contribution in [3.8, 4) is 0 Å². The minimum Gasteiger partial charge on any atom is -0.383 e. The maximum absolute atomic E-state index is 5.97. The van der Waals surface area contributed by atoms with Crippen LogP contribution in [0, 0.1) is 6.92 Å². The van der Waals surface area contributed by atoms with Gasteiger partial charge in [0.15, 0.2) is 0 Å². The lowest BCUT2D eigenvalue weighted by Gasteiger charge is -2.12. The van der Waals surface area contributed by atoms with Gasteiger partial charge in [0.05, 0.1) is 0 Å². The molecule has 3 N–H and O–H groups in total. The molecule has 2 rings (SSSR count). The molecule has 0 bridgehead atoms. The average molecular weight is 288 g/mol. The summed E-state index contributed by atoms with van der Waals surface area (Å²) in [5.74, 6) is 2.13. The molecule has 0 aliphatic heterocycles. The topological polar surface area (TPSA) is 63.8 Å². The Balaban J connectivity index is 2.31. The van der Waals surface area contributed by atoms with E-state index in [-0.39, 0.29) is 0 Å². The highest BCUT2D eigenvalue weighted by atomic mass is 32.2. The van der Waals surface area contributed by atoms with Crippen LogP contribution >= 0.6 is 11.8 Å². The number of nitrogens with zero attached hydrogens (tertiary/aromatic N) is 2. The highest BCUT2D eigenvalue weighted by Crippen LogP contribution is 2.25. The number of thioether (sulfide) groups is 1. The van der Waals surface area contributed by atoms with Crippen molar-refractivity contribution in [1.29, 1.82) is 0 Å². The van der Waals surface area contributed by atoms with Crippen LogP contribution in [0.5, 0.6) is 0 Å². The van der Waals surface area contributed by atoms with E-state index in [9.17, 15) is 0 Å². The predicted molar refractivity (Wildman–Crippen MR) is 86.7 cm³/mol. The fraction of sp³-hybridized carbons (Fsp3) is 0.333. The molecule has 1 heterocycles. The van der Waals surface area contributed by atoms with Crippen LogP contribution in [0.4, 0.5) is 17.3 Å². The molecule has 0 aliphatic rings. The van der Waals surface area contributed by atoms with Gasteiger partial charge in [-0.05, 0) is 37.8 Å². The number of anilines is 3. The number of hydrogen-bond acceptors (Lipinski definition) is 5. The molecule has 1 aromatic heterocycles. The van der Waals surface area contributed by atoms with Crippen molar-refractivity contribution in [2.75, 3.05) is 17.3 Å². The molecule has 2 aromatic rings. The van der Waals surface area contributed by atoms with Gasteiger partial charge in [-0.25, -0.2) is 9.97 Å². The number of benzene rings is 1. The number of nitrogen functional groups attached to an aromatic ring is 1. The molecule has 0 saturated carbocycles. The molecule has 0 radical (unpaired) electrons. The third-order valence-electron chi connectivity index (χ3n) is 3.04. The van der Waals surface area contributed by atoms with Gasteiger partial charge in [-0.3, -0.25) is 0 Å². The van der Waals surface area contributed by atoms with Gasteiger partial charge in [-0.15, -0.1) is 11.8 Å². The molecule has 0 spiro atoms. The molecule has 0 fully saturated rings. The molecule has 0 aliphatic carbocycles. The van der Waals surface area contributed by atoms with Crippen LogP contribution < -0.4 is 11.1 Å². The first-order valence-electron chi connectivity index (χ1n) is 6.68. The van der Waals surface area contributed by atoms with Crippen LogP contribution in [0.2, 0.25) is 0 Å². The lowest BCUT2D eigenvalue weighted by molar-refractivity contribution is 0.836. The molecule has 5 heteroatoms. The molecule has 1 aromatic carbocycles. The minimum atomic E-state index is 0.548. The van der Waals surface area contributed by atoms with Gasteiger partial charge in [0, 0.05) is 22.6 Å². The number of aromatic nitrogens is 2. The van der Waals surface area contributed by atoms with Crippen LogP contribution in [0.3, 0.4) is 0 Å². The Morgan fingerprint density at radius 1 is 1.30 bits per heavy atom. The molecular weight excluding hydrogens is 268 g/mol. The van der Waals surface area contributed by atoms with Gasteiger partial charge in [-0.1, -0.05) is 13.0 Å². The largest absolute Gasteiger partial charge is 0.383 e. The maximum atomic E-state index is 5.97. The van der Waals surface area contributed by atoms with E-state index < -0.39 is 0 Å². The highest BCUT2D eigenvalue weighted by Gasteiger charge is 2.08. The lowest BCUT2D eigenvalue weighted by atomic mass is 10.2. The summed E-state index contributed by atoms with van der Waals surface area (Å²) in [7, 11) is 0. The second-order valence-corrected chi connectivity index (χ2v) is 5.49. The van der Waals surface area contributed by atoms with E-state index in [2.05, 4.69) is 40.6 Å². The smallest absolute Gasteiger partial charge is 0.139 e. The Morgan fingerprint density at radius 3 is 2.80 bits per heavy atom. The van der Waals surface area contributed by atoms with Gasteiger partial charge in [0.25, 0.3) is 0 Å². The van der Waals surface area contributed by atoms with Crippen molar-refractivity contribution in [3.63, 3.8) is 0 Å². The summed E-state index contributed by atoms with van der Waals surface area (Å²) in [6, 6.07) is 8.24. The van der Waals surface area contributed by atoms with Crippen LogP contribution in [0.25, 0.3) is 0 Å². The van der Waals surface area contributed by atoms with Crippen molar-refractivity contribution in [3.05, 3.63) is 35.7 Å². The summed E-state index contributed by atoms with van der Waals surface area (Å²) in [5.41, 5.74) is 7.87. The lowest BCUT2D eigenvalue weighted by Crippen LogP contribution is -2.07. The van der Waals surface area contributed by atoms with Crippen LogP contribution in [-0.2, 0) is 6.42 Å². The second kappa shape index (κ2) is 6.61. The Kier molecular flexibility index (Phi) is 4.84. The summed E-state index contributed by atoms with van der Waals surface area (Å²) in [5, 5.41) is 3.34. The van der Waals surface area contributed by atoms with Crippen molar-refractivity contribution in [2.45, 2.75) is 31.6 Å². The van der Waals surface area contributed by atoms with Crippen LogP contribution in [-0.4, -0.2) is 16.2 Å². The van der Waals surface area contributed by atoms with E-state index in [1.165, 1.54) is 4.90 Å². The zero-order valence-corrected chi connectivity index (χ0v) is 12.9. The Bertz CT molecular complexity index is 598. The summed E-state index contributed by atoms with van der Waals surface area (Å²) in [4.78, 5) is 10.1. The van der Waals surface area contributed by atoms with Crippen molar-refractivity contribution in [1.82, 2.24) is 9.97 Å². The number of nitrogens with two attached hydrogens (primary N) is 1. The number of hydrogen-bond donors (Lipinski definition) is 2. The number of nitrogens with one attached hydrogen (secondary N) is 1. The SMILES string of the molecule is CCCc1nc(N)c(C)c(Nc2cccc(SC)c2)n1. The molecule has 4 nitrogen and oxygen atoms in total. The molecule has 0 saturated heterocycles. The first kappa shape index (κ1) is 14.7. The first-order chi connectivity index (χ1) is 9.63. The normalized spacial score (nSPS) is 10.6. The zero-order valence-electron chi connectivity index (χ0n) is 12.1. The predicted octanol–water partition coefficient (Wildman–Crippen LogP) is 3.79. The summed E-state index contributed by atoms with van der Waals surface area (Å²) < 4.78 is 0. The van der Waals surface area contributed by atoms with Gasteiger partial charge in [-0.2, -0.15) is 0 Å². The van der Waals surface area contributed by atoms with Crippen molar-refractivity contribution in [2.24, 2.45) is 0 Å². The molecular formula is C15H20N4S. The zero-order chi connectivity index (χ0) is 14.5. The summed E-state index contributed by atoms with van der Waals surface area (Å²) in [6.07, 6.45) is 3.90.